The summed E-state index contributed by atoms with van der Waals surface area (Å²) in [4.78, 5) is 32.4. The topological polar surface area (TPSA) is 78.1 Å². The van der Waals surface area contributed by atoms with Gasteiger partial charge < -0.3 is 15.2 Å². The molecule has 1 atom stereocenters. The Hall–Kier alpha value is -2.70. The molecule has 2 N–H and O–H groups in total. The summed E-state index contributed by atoms with van der Waals surface area (Å²) in [7, 11) is 0. The third-order valence-corrected chi connectivity index (χ3v) is 3.95. The maximum Gasteiger partial charge on any atom is 0.290 e. The quantitative estimate of drug-likeness (QED) is 0.893. The largest absolute Gasteiger partial charge is 0.350 e. The number of H-pyrrole nitrogens is 1. The van der Waals surface area contributed by atoms with Crippen molar-refractivity contribution in [2.45, 2.75) is 19.4 Å². The Morgan fingerprint density at radius 1 is 1.48 bits per heavy atom. The molecule has 0 radical (unpaired) electrons. The first-order chi connectivity index (χ1) is 11.1. The molecule has 6 nitrogen and oxygen atoms in total. The third kappa shape index (κ3) is 3.08. The summed E-state index contributed by atoms with van der Waals surface area (Å²) in [6, 6.07) is 4.59. The van der Waals surface area contributed by atoms with Gasteiger partial charge in [0.15, 0.2) is 5.82 Å². The number of anilines is 1. The van der Waals surface area contributed by atoms with Crippen molar-refractivity contribution in [1.82, 2.24) is 15.3 Å². The number of aryl methyl sites for hydroxylation is 1. The van der Waals surface area contributed by atoms with Crippen molar-refractivity contribution in [2.24, 2.45) is 0 Å². The Morgan fingerprint density at radius 2 is 2.30 bits per heavy atom. The van der Waals surface area contributed by atoms with Gasteiger partial charge in [0.05, 0.1) is 5.56 Å². The zero-order chi connectivity index (χ0) is 16.4. The van der Waals surface area contributed by atoms with E-state index in [-0.39, 0.29) is 17.2 Å². The number of nitrogens with one attached hydrogen (secondary N) is 2. The van der Waals surface area contributed by atoms with Crippen molar-refractivity contribution in [1.29, 1.82) is 0 Å². The molecular formula is C16H17FN4O2. The van der Waals surface area contributed by atoms with E-state index in [9.17, 15) is 14.0 Å². The van der Waals surface area contributed by atoms with Crippen LogP contribution in [0.2, 0.25) is 0 Å². The van der Waals surface area contributed by atoms with Crippen LogP contribution in [-0.4, -0.2) is 35.0 Å². The van der Waals surface area contributed by atoms with Gasteiger partial charge in [-0.05, 0) is 25.0 Å². The number of aromatic nitrogens is 2. The lowest BCUT2D eigenvalue weighted by molar-refractivity contribution is 0.0936. The first-order valence-corrected chi connectivity index (χ1v) is 7.41. The van der Waals surface area contributed by atoms with Crippen LogP contribution in [0.5, 0.6) is 0 Å². The van der Waals surface area contributed by atoms with Crippen LogP contribution in [0.4, 0.5) is 10.2 Å². The minimum absolute atomic E-state index is 0.0409. The zero-order valence-corrected chi connectivity index (χ0v) is 12.7. The second-order valence-corrected chi connectivity index (χ2v) is 5.58. The number of benzene rings is 1. The SMILES string of the molecule is Cc1cccc(C(=O)N[C@H]2CCN(c3ncc[nH]c3=O)C2)c1F. The van der Waals surface area contributed by atoms with Crippen LogP contribution < -0.4 is 15.8 Å². The van der Waals surface area contributed by atoms with Gasteiger partial charge in [-0.15, -0.1) is 0 Å². The Balaban J connectivity index is 1.68. The summed E-state index contributed by atoms with van der Waals surface area (Å²) in [5, 5.41) is 2.82. The van der Waals surface area contributed by atoms with Crippen LogP contribution in [0.1, 0.15) is 22.3 Å². The molecule has 0 aliphatic carbocycles. The standard InChI is InChI=1S/C16H17FN4O2/c1-10-3-2-4-12(13(10)17)15(22)20-11-5-8-21(9-11)14-16(23)19-7-6-18-14/h2-4,6-7,11H,5,8-9H2,1H3,(H,19,23)(H,20,22)/t11-/m0/s1. The Labute approximate surface area is 132 Å². The number of carbonyl (C=O) groups excluding carboxylic acids is 1. The number of amides is 1. The average molecular weight is 316 g/mol. The lowest BCUT2D eigenvalue weighted by Crippen LogP contribution is -2.38. The first kappa shape index (κ1) is 15.2. The van der Waals surface area contributed by atoms with Gasteiger partial charge in [-0.25, -0.2) is 9.37 Å². The molecule has 0 spiro atoms. The fourth-order valence-corrected chi connectivity index (χ4v) is 2.73. The van der Waals surface area contributed by atoms with E-state index in [1.807, 2.05) is 4.90 Å². The molecule has 3 rings (SSSR count). The second-order valence-electron chi connectivity index (χ2n) is 5.58. The summed E-state index contributed by atoms with van der Waals surface area (Å²) in [5.41, 5.74) is 0.217. The molecule has 1 aromatic carbocycles. The monoisotopic (exact) mass is 316 g/mol. The normalized spacial score (nSPS) is 17.3. The lowest BCUT2D eigenvalue weighted by atomic mass is 10.1. The minimum atomic E-state index is -0.499. The molecule has 120 valence electrons. The van der Waals surface area contributed by atoms with Gasteiger partial charge in [-0.3, -0.25) is 9.59 Å². The van der Waals surface area contributed by atoms with E-state index in [2.05, 4.69) is 15.3 Å². The molecule has 0 unspecified atom stereocenters. The number of halogens is 1. The molecule has 7 heteroatoms. The Kier molecular flexibility index (Phi) is 4.10. The van der Waals surface area contributed by atoms with Crippen LogP contribution in [0.25, 0.3) is 0 Å². The highest BCUT2D eigenvalue weighted by Crippen LogP contribution is 2.16. The average Bonchev–Trinajstić information content (AvgIpc) is 2.98. The number of nitrogens with zero attached hydrogens (tertiary/aromatic N) is 2. The van der Waals surface area contributed by atoms with Crippen molar-refractivity contribution in [3.8, 4) is 0 Å². The van der Waals surface area contributed by atoms with Crippen LogP contribution in [0.15, 0.2) is 35.4 Å². The highest BCUT2D eigenvalue weighted by molar-refractivity contribution is 5.94. The van der Waals surface area contributed by atoms with E-state index >= 15 is 0 Å². The summed E-state index contributed by atoms with van der Waals surface area (Å²) in [5.74, 6) is -0.597. The van der Waals surface area contributed by atoms with Gasteiger partial charge in [0.1, 0.15) is 5.82 Å². The van der Waals surface area contributed by atoms with Gasteiger partial charge in [0, 0.05) is 31.5 Å². The highest BCUT2D eigenvalue weighted by Gasteiger charge is 2.27. The predicted octanol–water partition coefficient (Wildman–Crippen LogP) is 1.23. The Bertz CT molecular complexity index is 790. The van der Waals surface area contributed by atoms with Gasteiger partial charge in [0.25, 0.3) is 11.5 Å². The smallest absolute Gasteiger partial charge is 0.290 e. The number of carbonyl (C=O) groups is 1. The zero-order valence-electron chi connectivity index (χ0n) is 12.7. The van der Waals surface area contributed by atoms with Crippen molar-refractivity contribution in [3.63, 3.8) is 0 Å². The molecule has 2 heterocycles. The van der Waals surface area contributed by atoms with Crippen molar-refractivity contribution in [2.75, 3.05) is 18.0 Å². The van der Waals surface area contributed by atoms with Gasteiger partial charge in [-0.1, -0.05) is 12.1 Å². The van der Waals surface area contributed by atoms with E-state index in [4.69, 9.17) is 0 Å². The molecule has 1 saturated heterocycles. The molecule has 1 aliphatic rings. The third-order valence-electron chi connectivity index (χ3n) is 3.95. The second kappa shape index (κ2) is 6.20. The highest BCUT2D eigenvalue weighted by atomic mass is 19.1. The van der Waals surface area contributed by atoms with E-state index in [1.54, 1.807) is 19.1 Å². The molecule has 0 saturated carbocycles. The van der Waals surface area contributed by atoms with Crippen LogP contribution >= 0.6 is 0 Å². The number of hydrogen-bond donors (Lipinski definition) is 2. The lowest BCUT2D eigenvalue weighted by Gasteiger charge is -2.17. The number of aromatic amines is 1. The Morgan fingerprint density at radius 3 is 3.09 bits per heavy atom. The van der Waals surface area contributed by atoms with Gasteiger partial charge >= 0.3 is 0 Å². The number of hydrogen-bond acceptors (Lipinski definition) is 4. The molecule has 0 bridgehead atoms. The van der Waals surface area contributed by atoms with Crippen molar-refractivity contribution in [3.05, 3.63) is 57.9 Å². The van der Waals surface area contributed by atoms with Crippen LogP contribution in [-0.2, 0) is 0 Å². The van der Waals surface area contributed by atoms with Crippen LogP contribution in [0.3, 0.4) is 0 Å². The van der Waals surface area contributed by atoms with E-state index in [1.165, 1.54) is 18.5 Å². The molecular weight excluding hydrogens is 299 g/mol. The van der Waals surface area contributed by atoms with Gasteiger partial charge in [-0.2, -0.15) is 0 Å². The predicted molar refractivity (Wildman–Crippen MR) is 84.1 cm³/mol. The van der Waals surface area contributed by atoms with Crippen LogP contribution in [0, 0.1) is 12.7 Å². The molecule has 1 amide bonds. The maximum absolute atomic E-state index is 14.0. The fraction of sp³-hybridized carbons (Fsp3) is 0.312. The van der Waals surface area contributed by atoms with Crippen molar-refractivity contribution >= 4 is 11.7 Å². The number of rotatable bonds is 3. The van der Waals surface area contributed by atoms with E-state index < -0.39 is 11.7 Å². The molecule has 1 aliphatic heterocycles. The summed E-state index contributed by atoms with van der Waals surface area (Å²) >= 11 is 0. The maximum atomic E-state index is 14.0. The molecule has 23 heavy (non-hydrogen) atoms. The minimum Gasteiger partial charge on any atom is -0.350 e. The fourth-order valence-electron chi connectivity index (χ4n) is 2.73. The summed E-state index contributed by atoms with van der Waals surface area (Å²) < 4.78 is 14.0. The summed E-state index contributed by atoms with van der Waals surface area (Å²) in [6.07, 6.45) is 3.67. The van der Waals surface area contributed by atoms with E-state index in [0.717, 1.165) is 0 Å². The van der Waals surface area contributed by atoms with Crippen molar-refractivity contribution < 1.29 is 9.18 Å². The molecule has 1 fully saturated rings. The molecule has 1 aromatic heterocycles. The van der Waals surface area contributed by atoms with Gasteiger partial charge in [0.2, 0.25) is 0 Å². The summed E-state index contributed by atoms with van der Waals surface area (Å²) in [6.45, 7) is 2.71. The first-order valence-electron chi connectivity index (χ1n) is 7.41. The molecule has 2 aromatic rings. The van der Waals surface area contributed by atoms with E-state index in [0.29, 0.717) is 30.9 Å².